The van der Waals surface area contributed by atoms with Gasteiger partial charge >= 0.3 is 5.51 Å². The van der Waals surface area contributed by atoms with Gasteiger partial charge in [-0.1, -0.05) is 0 Å². The van der Waals surface area contributed by atoms with Gasteiger partial charge < -0.3 is 0 Å². The highest BCUT2D eigenvalue weighted by Gasteiger charge is 2.29. The number of hydrogen-bond donors (Lipinski definition) is 0. The summed E-state index contributed by atoms with van der Waals surface area (Å²) in [6, 6.07) is 8.54. The molecule has 0 aliphatic carbocycles. The van der Waals surface area contributed by atoms with Gasteiger partial charge in [-0.3, -0.25) is 0 Å². The van der Waals surface area contributed by atoms with Crippen molar-refractivity contribution in [3.05, 3.63) is 54.3 Å². The van der Waals surface area contributed by atoms with Crippen LogP contribution in [0.15, 0.2) is 63.2 Å². The van der Waals surface area contributed by atoms with Crippen molar-refractivity contribution in [3.63, 3.8) is 0 Å². The van der Waals surface area contributed by atoms with Crippen LogP contribution in [0.25, 0.3) is 0 Å². The molecule has 0 saturated carbocycles. The Kier molecular flexibility index (Phi) is 4.29. The second-order valence-corrected chi connectivity index (χ2v) is 7.06. The van der Waals surface area contributed by atoms with E-state index in [1.165, 1.54) is 0 Å². The van der Waals surface area contributed by atoms with Gasteiger partial charge in [0.15, 0.2) is 0 Å². The van der Waals surface area contributed by atoms with E-state index in [1.807, 2.05) is 0 Å². The molecular formula is C13H8F4O2S2. The van der Waals surface area contributed by atoms with Gasteiger partial charge in [-0.25, -0.2) is 12.8 Å². The molecule has 2 aromatic rings. The van der Waals surface area contributed by atoms with Gasteiger partial charge in [-0.05, 0) is 60.3 Å². The van der Waals surface area contributed by atoms with Crippen LogP contribution in [0.2, 0.25) is 0 Å². The van der Waals surface area contributed by atoms with E-state index in [4.69, 9.17) is 0 Å². The number of rotatable bonds is 3. The van der Waals surface area contributed by atoms with E-state index in [2.05, 4.69) is 0 Å². The van der Waals surface area contributed by atoms with Crippen LogP contribution in [0.3, 0.4) is 0 Å². The minimum Gasteiger partial charge on any atom is -0.219 e. The zero-order chi connectivity index (χ0) is 15.7. The molecule has 2 nitrogen and oxygen atoms in total. The number of sulfone groups is 1. The molecule has 0 heterocycles. The third kappa shape index (κ3) is 3.98. The maximum Gasteiger partial charge on any atom is 0.446 e. The van der Waals surface area contributed by atoms with Crippen LogP contribution >= 0.6 is 11.8 Å². The number of thioether (sulfide) groups is 1. The lowest BCUT2D eigenvalue weighted by atomic mass is 10.3. The van der Waals surface area contributed by atoms with Crippen molar-refractivity contribution in [2.45, 2.75) is 20.2 Å². The van der Waals surface area contributed by atoms with Gasteiger partial charge in [-0.2, -0.15) is 13.2 Å². The molecule has 0 bridgehead atoms. The highest BCUT2D eigenvalue weighted by molar-refractivity contribution is 8.00. The van der Waals surface area contributed by atoms with Crippen molar-refractivity contribution in [1.82, 2.24) is 0 Å². The second-order valence-electron chi connectivity index (χ2n) is 3.98. The molecule has 0 aromatic heterocycles. The molecule has 2 aromatic carbocycles. The van der Waals surface area contributed by atoms with Crippen molar-refractivity contribution in [3.8, 4) is 0 Å². The lowest BCUT2D eigenvalue weighted by Gasteiger charge is -2.07. The summed E-state index contributed by atoms with van der Waals surface area (Å²) in [5.74, 6) is -0.578. The monoisotopic (exact) mass is 336 g/mol. The third-order valence-electron chi connectivity index (χ3n) is 2.49. The molecular weight excluding hydrogens is 328 g/mol. The molecule has 0 unspecified atom stereocenters. The Morgan fingerprint density at radius 1 is 0.810 bits per heavy atom. The van der Waals surface area contributed by atoms with Gasteiger partial charge in [0, 0.05) is 4.90 Å². The van der Waals surface area contributed by atoms with Crippen LogP contribution < -0.4 is 0 Å². The van der Waals surface area contributed by atoms with E-state index < -0.39 is 21.2 Å². The first kappa shape index (κ1) is 15.8. The molecule has 0 amide bonds. The topological polar surface area (TPSA) is 34.1 Å². The fourth-order valence-electron chi connectivity index (χ4n) is 1.57. The summed E-state index contributed by atoms with van der Waals surface area (Å²) in [6.07, 6.45) is 0. The average molecular weight is 336 g/mol. The zero-order valence-corrected chi connectivity index (χ0v) is 11.9. The minimum absolute atomic E-state index is 0.111. The van der Waals surface area contributed by atoms with E-state index >= 15 is 0 Å². The van der Waals surface area contributed by atoms with Crippen molar-refractivity contribution in [2.24, 2.45) is 0 Å². The van der Waals surface area contributed by atoms with E-state index in [-0.39, 0.29) is 26.4 Å². The molecule has 21 heavy (non-hydrogen) atoms. The van der Waals surface area contributed by atoms with E-state index in [0.29, 0.717) is 0 Å². The van der Waals surface area contributed by atoms with Gasteiger partial charge in [0.1, 0.15) is 5.82 Å². The summed E-state index contributed by atoms with van der Waals surface area (Å²) in [5.41, 5.74) is -4.43. The van der Waals surface area contributed by atoms with Crippen LogP contribution in [-0.2, 0) is 9.84 Å². The lowest BCUT2D eigenvalue weighted by Crippen LogP contribution is -2.02. The lowest BCUT2D eigenvalue weighted by molar-refractivity contribution is -0.0328. The molecule has 8 heteroatoms. The molecule has 0 atom stereocenters. The summed E-state index contributed by atoms with van der Waals surface area (Å²) < 4.78 is 73.7. The minimum atomic E-state index is -4.43. The molecule has 0 radical (unpaired) electrons. The van der Waals surface area contributed by atoms with Crippen molar-refractivity contribution in [2.75, 3.05) is 0 Å². The normalized spacial score (nSPS) is 12.4. The highest BCUT2D eigenvalue weighted by Crippen LogP contribution is 2.37. The van der Waals surface area contributed by atoms with Gasteiger partial charge in [0.05, 0.1) is 9.79 Å². The Bertz CT molecular complexity index is 720. The molecule has 0 saturated heterocycles. The van der Waals surface area contributed by atoms with Crippen molar-refractivity contribution in [1.29, 1.82) is 0 Å². The summed E-state index contributed by atoms with van der Waals surface area (Å²) in [6.45, 7) is 0. The van der Waals surface area contributed by atoms with Crippen LogP contribution in [0, 0.1) is 5.82 Å². The quantitative estimate of drug-likeness (QED) is 0.477. The molecule has 0 aliphatic rings. The van der Waals surface area contributed by atoms with E-state index in [0.717, 1.165) is 48.5 Å². The predicted molar refractivity (Wildman–Crippen MR) is 70.2 cm³/mol. The maximum atomic E-state index is 12.8. The SMILES string of the molecule is O=S(=O)(c1ccc(F)cc1)c1ccc(SC(F)(F)F)cc1. The molecule has 0 fully saturated rings. The Hall–Kier alpha value is -1.54. The summed E-state index contributed by atoms with van der Waals surface area (Å²) in [5, 5.41) is 0. The fraction of sp³-hybridized carbons (Fsp3) is 0.0769. The number of alkyl halides is 3. The Balaban J connectivity index is 2.31. The van der Waals surface area contributed by atoms with Gasteiger partial charge in [0.25, 0.3) is 0 Å². The summed E-state index contributed by atoms with van der Waals surface area (Å²) in [7, 11) is -3.87. The Morgan fingerprint density at radius 2 is 1.24 bits per heavy atom. The predicted octanol–water partition coefficient (Wildman–Crippen LogP) is 4.27. The fourth-order valence-corrected chi connectivity index (χ4v) is 3.37. The molecule has 2 rings (SSSR count). The van der Waals surface area contributed by atoms with Crippen LogP contribution in [-0.4, -0.2) is 13.9 Å². The van der Waals surface area contributed by atoms with Crippen molar-refractivity contribution < 1.29 is 26.0 Å². The number of hydrogen-bond acceptors (Lipinski definition) is 3. The van der Waals surface area contributed by atoms with Gasteiger partial charge in [0.2, 0.25) is 9.84 Å². The smallest absolute Gasteiger partial charge is 0.219 e. The van der Waals surface area contributed by atoms with E-state index in [9.17, 15) is 26.0 Å². The Labute approximate surface area is 122 Å². The third-order valence-corrected chi connectivity index (χ3v) is 5.02. The van der Waals surface area contributed by atoms with Crippen molar-refractivity contribution >= 4 is 21.6 Å². The standard InChI is InChI=1S/C13H8F4O2S2/c14-9-1-5-11(6-2-9)21(18,19)12-7-3-10(4-8-12)20-13(15,16)17/h1-8H. The molecule has 0 spiro atoms. The first-order valence-corrected chi connectivity index (χ1v) is 7.85. The summed E-state index contributed by atoms with van der Waals surface area (Å²) >= 11 is -0.327. The maximum absolute atomic E-state index is 12.8. The zero-order valence-electron chi connectivity index (χ0n) is 10.3. The largest absolute Gasteiger partial charge is 0.446 e. The number of halogens is 4. The average Bonchev–Trinajstić information content (AvgIpc) is 2.38. The first-order chi connectivity index (χ1) is 9.68. The van der Waals surface area contributed by atoms with Crippen LogP contribution in [0.4, 0.5) is 17.6 Å². The first-order valence-electron chi connectivity index (χ1n) is 5.55. The molecule has 0 aliphatic heterocycles. The van der Waals surface area contributed by atoms with Gasteiger partial charge in [-0.15, -0.1) is 0 Å². The highest BCUT2D eigenvalue weighted by atomic mass is 32.2. The molecule has 0 N–H and O–H groups in total. The summed E-state index contributed by atoms with van der Waals surface area (Å²) in [4.78, 5) is -0.388. The second kappa shape index (κ2) is 5.69. The number of benzene rings is 2. The molecule has 112 valence electrons. The Morgan fingerprint density at radius 3 is 1.67 bits per heavy atom. The van der Waals surface area contributed by atoms with Crippen LogP contribution in [0.5, 0.6) is 0 Å². The van der Waals surface area contributed by atoms with Crippen LogP contribution in [0.1, 0.15) is 0 Å². The van der Waals surface area contributed by atoms with E-state index in [1.54, 1.807) is 0 Å².